The molecule has 9 heteroatoms. The molecule has 3 aromatic rings. The van der Waals surface area contributed by atoms with Crippen molar-refractivity contribution < 1.29 is 9.47 Å². The van der Waals surface area contributed by atoms with Crippen LogP contribution in [-0.4, -0.2) is 27.2 Å². The summed E-state index contributed by atoms with van der Waals surface area (Å²) in [4.78, 5) is 0. The van der Waals surface area contributed by atoms with Crippen LogP contribution in [0, 0.1) is 0 Å². The first-order chi connectivity index (χ1) is 12.7. The van der Waals surface area contributed by atoms with Crippen molar-refractivity contribution >= 4 is 29.2 Å². The van der Waals surface area contributed by atoms with Crippen LogP contribution < -0.4 is 14.8 Å². The Labute approximate surface area is 160 Å². The lowest BCUT2D eigenvalue weighted by atomic mass is 10.2. The number of aromatic nitrogens is 4. The third kappa shape index (κ3) is 4.77. The van der Waals surface area contributed by atoms with E-state index < -0.39 is 0 Å². The molecule has 0 unspecified atom stereocenters. The fourth-order valence-electron chi connectivity index (χ4n) is 2.26. The van der Waals surface area contributed by atoms with Gasteiger partial charge in [-0.1, -0.05) is 40.4 Å². The molecule has 1 heterocycles. The summed E-state index contributed by atoms with van der Waals surface area (Å²) in [5, 5.41) is 17.7. The molecule has 0 aliphatic rings. The number of hydrogen-bond acceptors (Lipinski definition) is 6. The number of aromatic amines is 1. The molecule has 136 valence electrons. The summed E-state index contributed by atoms with van der Waals surface area (Å²) in [7, 11) is 0. The van der Waals surface area contributed by atoms with E-state index in [1.807, 2.05) is 31.2 Å². The Balaban J connectivity index is 1.68. The van der Waals surface area contributed by atoms with Crippen LogP contribution in [-0.2, 0) is 13.2 Å². The smallest absolute Gasteiger partial charge is 0.263 e. The summed E-state index contributed by atoms with van der Waals surface area (Å²) in [6, 6.07) is 11.1. The number of nitrogens with zero attached hydrogens (tertiary/aromatic N) is 3. The molecule has 0 amide bonds. The highest BCUT2D eigenvalue weighted by molar-refractivity contribution is 6.42. The van der Waals surface area contributed by atoms with E-state index in [1.165, 1.54) is 0 Å². The first-order valence-electron chi connectivity index (χ1n) is 7.95. The van der Waals surface area contributed by atoms with Gasteiger partial charge in [-0.15, -0.1) is 5.10 Å². The number of nitrogens with one attached hydrogen (secondary N) is 2. The van der Waals surface area contributed by atoms with Gasteiger partial charge in [0, 0.05) is 6.54 Å². The van der Waals surface area contributed by atoms with E-state index in [0.29, 0.717) is 47.3 Å². The van der Waals surface area contributed by atoms with Crippen molar-refractivity contribution in [2.75, 3.05) is 11.9 Å². The number of benzene rings is 2. The molecule has 0 aliphatic carbocycles. The lowest BCUT2D eigenvalue weighted by Gasteiger charge is -2.14. The largest absolute Gasteiger partial charge is 0.490 e. The highest BCUT2D eigenvalue weighted by Gasteiger charge is 2.08. The van der Waals surface area contributed by atoms with Crippen LogP contribution in [0.25, 0.3) is 0 Å². The molecule has 0 atom stereocenters. The summed E-state index contributed by atoms with van der Waals surface area (Å²) in [5.41, 5.74) is 1.92. The average molecular weight is 394 g/mol. The Bertz CT molecular complexity index is 858. The zero-order valence-electron chi connectivity index (χ0n) is 14.0. The minimum absolute atomic E-state index is 0.359. The van der Waals surface area contributed by atoms with Crippen LogP contribution in [0.1, 0.15) is 18.1 Å². The summed E-state index contributed by atoms with van der Waals surface area (Å²) in [6.45, 7) is 3.35. The Hall–Kier alpha value is -2.51. The van der Waals surface area contributed by atoms with Crippen molar-refractivity contribution in [2.24, 2.45) is 0 Å². The van der Waals surface area contributed by atoms with E-state index in [0.717, 1.165) is 11.1 Å². The van der Waals surface area contributed by atoms with Crippen molar-refractivity contribution in [1.82, 2.24) is 20.6 Å². The van der Waals surface area contributed by atoms with Crippen LogP contribution in [0.4, 0.5) is 5.95 Å². The maximum atomic E-state index is 6.04. The number of ether oxygens (including phenoxy) is 2. The van der Waals surface area contributed by atoms with Gasteiger partial charge in [-0.25, -0.2) is 0 Å². The van der Waals surface area contributed by atoms with Gasteiger partial charge in [0.05, 0.1) is 16.7 Å². The van der Waals surface area contributed by atoms with E-state index in [9.17, 15) is 0 Å². The molecule has 0 spiro atoms. The fourth-order valence-corrected chi connectivity index (χ4v) is 2.58. The normalized spacial score (nSPS) is 10.6. The quantitative estimate of drug-likeness (QED) is 0.599. The first kappa shape index (κ1) is 18.3. The maximum absolute atomic E-state index is 6.04. The summed E-state index contributed by atoms with van der Waals surface area (Å²) in [5.74, 6) is 1.75. The van der Waals surface area contributed by atoms with Crippen LogP contribution >= 0.6 is 23.2 Å². The van der Waals surface area contributed by atoms with Crippen molar-refractivity contribution in [1.29, 1.82) is 0 Å². The molecule has 0 saturated heterocycles. The molecule has 2 N–H and O–H groups in total. The molecule has 2 aromatic carbocycles. The van der Waals surface area contributed by atoms with Crippen LogP contribution in [0.5, 0.6) is 11.5 Å². The number of halogens is 2. The van der Waals surface area contributed by atoms with E-state index in [4.69, 9.17) is 32.7 Å². The zero-order valence-corrected chi connectivity index (χ0v) is 15.5. The number of hydrogen-bond donors (Lipinski definition) is 2. The van der Waals surface area contributed by atoms with E-state index in [-0.39, 0.29) is 0 Å². The first-order valence-corrected chi connectivity index (χ1v) is 8.71. The van der Waals surface area contributed by atoms with Crippen molar-refractivity contribution in [3.8, 4) is 11.5 Å². The SMILES string of the molecule is CCOc1cc(CNc2nn[nH]n2)ccc1OCc1ccc(Cl)c(Cl)c1. The van der Waals surface area contributed by atoms with Gasteiger partial charge >= 0.3 is 0 Å². The Morgan fingerprint density at radius 3 is 2.58 bits per heavy atom. The molecule has 0 bridgehead atoms. The average Bonchev–Trinajstić information content (AvgIpc) is 3.16. The predicted molar refractivity (Wildman–Crippen MR) is 99.9 cm³/mol. The molecule has 0 fully saturated rings. The minimum atomic E-state index is 0.359. The van der Waals surface area contributed by atoms with Gasteiger partial charge in [0.1, 0.15) is 6.61 Å². The monoisotopic (exact) mass is 393 g/mol. The van der Waals surface area contributed by atoms with Gasteiger partial charge in [-0.05, 0) is 47.5 Å². The maximum Gasteiger partial charge on any atom is 0.263 e. The molecule has 26 heavy (non-hydrogen) atoms. The third-order valence-electron chi connectivity index (χ3n) is 3.48. The molecule has 0 aliphatic heterocycles. The highest BCUT2D eigenvalue weighted by Crippen LogP contribution is 2.30. The van der Waals surface area contributed by atoms with Crippen molar-refractivity contribution in [3.63, 3.8) is 0 Å². The second-order valence-electron chi connectivity index (χ2n) is 5.34. The van der Waals surface area contributed by atoms with Crippen molar-refractivity contribution in [2.45, 2.75) is 20.1 Å². The second-order valence-corrected chi connectivity index (χ2v) is 6.15. The van der Waals surface area contributed by atoms with Crippen LogP contribution in [0.3, 0.4) is 0 Å². The standard InChI is InChI=1S/C17H17Cl2N5O2/c1-2-25-16-8-11(9-20-17-21-23-24-22-17)4-6-15(16)26-10-12-3-5-13(18)14(19)7-12/h3-8H,2,9-10H2,1H3,(H2,20,21,22,23,24). The Morgan fingerprint density at radius 2 is 1.85 bits per heavy atom. The van der Waals surface area contributed by atoms with Gasteiger partial charge in [0.2, 0.25) is 0 Å². The number of anilines is 1. The summed E-state index contributed by atoms with van der Waals surface area (Å²) in [6.07, 6.45) is 0. The summed E-state index contributed by atoms with van der Waals surface area (Å²) >= 11 is 12.0. The molecule has 7 nitrogen and oxygen atoms in total. The molecule has 1 aromatic heterocycles. The number of rotatable bonds is 8. The van der Waals surface area contributed by atoms with Gasteiger partial charge in [-0.3, -0.25) is 0 Å². The second kappa shape index (κ2) is 8.73. The lowest BCUT2D eigenvalue weighted by molar-refractivity contribution is 0.269. The molecular weight excluding hydrogens is 377 g/mol. The van der Waals surface area contributed by atoms with Gasteiger partial charge in [0.25, 0.3) is 5.95 Å². The van der Waals surface area contributed by atoms with Gasteiger partial charge in [0.15, 0.2) is 11.5 Å². The topological polar surface area (TPSA) is 85.0 Å². The molecule has 3 rings (SSSR count). The van der Waals surface area contributed by atoms with Gasteiger partial charge in [-0.2, -0.15) is 5.21 Å². The fraction of sp³-hybridized carbons (Fsp3) is 0.235. The number of H-pyrrole nitrogens is 1. The summed E-state index contributed by atoms with van der Waals surface area (Å²) < 4.78 is 11.6. The predicted octanol–water partition coefficient (Wildman–Crippen LogP) is 4.10. The molecular formula is C17H17Cl2N5O2. The Morgan fingerprint density at radius 1 is 1.00 bits per heavy atom. The zero-order chi connectivity index (χ0) is 18.4. The molecule has 0 saturated carbocycles. The lowest BCUT2D eigenvalue weighted by Crippen LogP contribution is -2.04. The van der Waals surface area contributed by atoms with Crippen LogP contribution in [0.2, 0.25) is 10.0 Å². The Kier molecular flexibility index (Phi) is 6.14. The van der Waals surface area contributed by atoms with Crippen molar-refractivity contribution in [3.05, 3.63) is 57.6 Å². The number of tetrazole rings is 1. The minimum Gasteiger partial charge on any atom is -0.490 e. The van der Waals surface area contributed by atoms with E-state index in [2.05, 4.69) is 25.9 Å². The van der Waals surface area contributed by atoms with E-state index in [1.54, 1.807) is 12.1 Å². The third-order valence-corrected chi connectivity index (χ3v) is 4.22. The van der Waals surface area contributed by atoms with E-state index >= 15 is 0 Å². The molecule has 0 radical (unpaired) electrons. The van der Waals surface area contributed by atoms with Crippen LogP contribution in [0.15, 0.2) is 36.4 Å². The van der Waals surface area contributed by atoms with Gasteiger partial charge < -0.3 is 14.8 Å². The highest BCUT2D eigenvalue weighted by atomic mass is 35.5.